The van der Waals surface area contributed by atoms with E-state index < -0.39 is 10.0 Å². The quantitative estimate of drug-likeness (QED) is 0.692. The molecule has 0 unspecified atom stereocenters. The van der Waals surface area contributed by atoms with Crippen molar-refractivity contribution in [3.63, 3.8) is 0 Å². The van der Waals surface area contributed by atoms with Gasteiger partial charge in [-0.15, -0.1) is 0 Å². The molecule has 1 aliphatic heterocycles. The Balaban J connectivity index is 1.48. The number of H-pyrrole nitrogens is 1. The first-order valence-electron chi connectivity index (χ1n) is 8.88. The number of rotatable bonds is 4. The average molecular weight is 384 g/mol. The van der Waals surface area contributed by atoms with Crippen molar-refractivity contribution in [2.45, 2.75) is 4.90 Å². The van der Waals surface area contributed by atoms with Crippen molar-refractivity contribution in [2.24, 2.45) is 0 Å². The van der Waals surface area contributed by atoms with E-state index in [4.69, 9.17) is 4.74 Å². The first-order chi connectivity index (χ1) is 13.1. The topological polar surface area (TPSA) is 64.0 Å². The Bertz CT molecular complexity index is 1040. The Labute approximate surface area is 159 Å². The molecule has 1 aliphatic rings. The Kier molecular flexibility index (Phi) is 4.72. The molecule has 0 spiro atoms. The van der Waals surface area contributed by atoms with Gasteiger partial charge in [0.05, 0.1) is 38.2 Å². The van der Waals surface area contributed by atoms with Crippen LogP contribution in [-0.4, -0.2) is 46.0 Å². The summed E-state index contributed by atoms with van der Waals surface area (Å²) in [7, 11) is -1.92. The molecule has 0 radical (unpaired) electrons. The van der Waals surface area contributed by atoms with Crippen LogP contribution >= 0.6 is 0 Å². The summed E-state index contributed by atoms with van der Waals surface area (Å²) in [6.45, 7) is 2.19. The monoisotopic (exact) mass is 384 g/mol. The number of aromatic amines is 1. The maximum atomic E-state index is 12.9. The number of methoxy groups -OCH3 is 1. The Hall–Kier alpha value is -2.64. The van der Waals surface area contributed by atoms with Gasteiger partial charge in [0.15, 0.2) is 0 Å². The zero-order valence-electron chi connectivity index (χ0n) is 15.1. The summed E-state index contributed by atoms with van der Waals surface area (Å²) in [5.41, 5.74) is 1.07. The smallest absolute Gasteiger partial charge is 0.274 e. The van der Waals surface area contributed by atoms with Gasteiger partial charge in [-0.25, -0.2) is 13.4 Å². The van der Waals surface area contributed by atoms with Gasteiger partial charge in [0, 0.05) is 11.5 Å². The van der Waals surface area contributed by atoms with Gasteiger partial charge in [-0.05, 0) is 36.4 Å². The Morgan fingerprint density at radius 1 is 0.889 bits per heavy atom. The highest BCUT2D eigenvalue weighted by Gasteiger charge is 2.31. The van der Waals surface area contributed by atoms with Crippen molar-refractivity contribution in [1.29, 1.82) is 0 Å². The molecule has 0 bridgehead atoms. The van der Waals surface area contributed by atoms with Crippen LogP contribution in [0.25, 0.3) is 10.9 Å². The lowest BCUT2D eigenvalue weighted by atomic mass is 10.2. The second-order valence-corrected chi connectivity index (χ2v) is 8.44. The Morgan fingerprint density at radius 2 is 1.59 bits per heavy atom. The highest BCUT2D eigenvalue weighted by Crippen LogP contribution is 2.22. The predicted octanol–water partition coefficient (Wildman–Crippen LogP) is 2.17. The number of aromatic nitrogens is 1. The van der Waals surface area contributed by atoms with Crippen molar-refractivity contribution < 1.29 is 18.1 Å². The van der Waals surface area contributed by atoms with E-state index in [0.717, 1.165) is 16.7 Å². The summed E-state index contributed by atoms with van der Waals surface area (Å²) in [6.07, 6.45) is 0. The first kappa shape index (κ1) is 17.8. The lowest BCUT2D eigenvalue weighted by molar-refractivity contribution is -0.330. The number of nitrogens with one attached hydrogen (secondary N) is 1. The van der Waals surface area contributed by atoms with Crippen molar-refractivity contribution in [2.75, 3.05) is 38.2 Å². The molecule has 27 heavy (non-hydrogen) atoms. The van der Waals surface area contributed by atoms with Crippen molar-refractivity contribution >= 4 is 26.7 Å². The molecule has 7 heteroatoms. The molecular formula is C20H22N3O3S+. The van der Waals surface area contributed by atoms with E-state index in [1.807, 2.05) is 18.2 Å². The van der Waals surface area contributed by atoms with Gasteiger partial charge in [-0.3, -0.25) is 4.90 Å². The summed E-state index contributed by atoms with van der Waals surface area (Å²) in [4.78, 5) is 5.93. The van der Waals surface area contributed by atoms with E-state index in [-0.39, 0.29) is 0 Å². The van der Waals surface area contributed by atoms with Gasteiger partial charge < -0.3 is 4.74 Å². The summed E-state index contributed by atoms with van der Waals surface area (Å²) in [6, 6.07) is 18.8. The molecule has 4 rings (SSSR count). The van der Waals surface area contributed by atoms with Crippen LogP contribution in [0.1, 0.15) is 0 Å². The average Bonchev–Trinajstić information content (AvgIpc) is 2.73. The fourth-order valence-electron chi connectivity index (χ4n) is 3.36. The molecule has 0 amide bonds. The molecule has 1 N–H and O–H groups in total. The van der Waals surface area contributed by atoms with E-state index in [1.54, 1.807) is 35.7 Å². The first-order valence-corrected chi connectivity index (χ1v) is 10.3. The Morgan fingerprint density at radius 3 is 2.30 bits per heavy atom. The molecule has 1 fully saturated rings. The standard InChI is InChI=1S/C20H21N3O3S/c1-26-17-7-9-18(10-8-17)27(24,25)23-14-12-22(13-15-23)20-11-6-16-4-2-3-5-19(16)21-20/h2-11H,12-15H2,1H3/p+1. The fraction of sp³-hybridized carbons (Fsp3) is 0.250. The lowest BCUT2D eigenvalue weighted by Crippen LogP contribution is -2.49. The predicted molar refractivity (Wildman–Crippen MR) is 104 cm³/mol. The normalized spacial score (nSPS) is 15.8. The lowest BCUT2D eigenvalue weighted by Gasteiger charge is -2.30. The largest absolute Gasteiger partial charge is 0.497 e. The number of hydrogen-bond donors (Lipinski definition) is 0. The summed E-state index contributed by atoms with van der Waals surface area (Å²) in [5.74, 6) is 1.65. The minimum absolute atomic E-state index is 0.300. The van der Waals surface area contributed by atoms with Gasteiger partial charge >= 0.3 is 0 Å². The highest BCUT2D eigenvalue weighted by molar-refractivity contribution is 7.89. The van der Waals surface area contributed by atoms with Gasteiger partial charge in [0.2, 0.25) is 10.0 Å². The molecular weight excluding hydrogens is 362 g/mol. The van der Waals surface area contributed by atoms with Crippen LogP contribution in [0.3, 0.4) is 0 Å². The van der Waals surface area contributed by atoms with E-state index in [2.05, 4.69) is 28.1 Å². The fourth-order valence-corrected chi connectivity index (χ4v) is 4.78. The van der Waals surface area contributed by atoms with Gasteiger partial charge in [-0.1, -0.05) is 18.2 Å². The number of pyridine rings is 1. The second kappa shape index (κ2) is 7.17. The maximum absolute atomic E-state index is 12.9. The summed E-state index contributed by atoms with van der Waals surface area (Å²) < 4.78 is 32.4. The third kappa shape index (κ3) is 3.48. The zero-order valence-corrected chi connectivity index (χ0v) is 15.9. The molecule has 2 aromatic carbocycles. The molecule has 1 saturated heterocycles. The minimum atomic E-state index is -3.49. The number of hydrogen-bond acceptors (Lipinski definition) is 4. The highest BCUT2D eigenvalue weighted by atomic mass is 32.2. The summed E-state index contributed by atoms with van der Waals surface area (Å²) >= 11 is 0. The number of fused-ring (bicyclic) bond motifs is 1. The third-order valence-electron chi connectivity index (χ3n) is 4.92. The number of piperazine rings is 1. The number of ether oxygens (including phenoxy) is 1. The molecule has 0 aliphatic carbocycles. The van der Waals surface area contributed by atoms with E-state index in [0.29, 0.717) is 36.8 Å². The van der Waals surface area contributed by atoms with Crippen LogP contribution in [0.4, 0.5) is 5.82 Å². The van der Waals surface area contributed by atoms with Crippen LogP contribution in [0.5, 0.6) is 5.75 Å². The van der Waals surface area contributed by atoms with Crippen LogP contribution in [0.2, 0.25) is 0 Å². The SMILES string of the molecule is COc1ccc(S(=O)(=O)N2CCN(c3ccc4ccccc4[nH+]3)CC2)cc1. The molecule has 3 aromatic rings. The van der Waals surface area contributed by atoms with E-state index in [1.165, 1.54) is 0 Å². The number of para-hydroxylation sites is 1. The van der Waals surface area contributed by atoms with Gasteiger partial charge in [-0.2, -0.15) is 4.31 Å². The molecule has 6 nitrogen and oxygen atoms in total. The second-order valence-electron chi connectivity index (χ2n) is 6.50. The van der Waals surface area contributed by atoms with Gasteiger partial charge in [0.25, 0.3) is 5.82 Å². The molecule has 2 heterocycles. The van der Waals surface area contributed by atoms with Gasteiger partial charge in [0.1, 0.15) is 11.3 Å². The number of sulfonamides is 1. The van der Waals surface area contributed by atoms with Crippen molar-refractivity contribution in [1.82, 2.24) is 4.31 Å². The van der Waals surface area contributed by atoms with E-state index in [9.17, 15) is 8.42 Å². The molecule has 0 atom stereocenters. The third-order valence-corrected chi connectivity index (χ3v) is 6.83. The van der Waals surface area contributed by atoms with Crippen LogP contribution < -0.4 is 14.6 Å². The minimum Gasteiger partial charge on any atom is -0.497 e. The van der Waals surface area contributed by atoms with Crippen molar-refractivity contribution in [3.8, 4) is 5.75 Å². The summed E-state index contributed by atoms with van der Waals surface area (Å²) in [5, 5.41) is 1.15. The molecule has 1 aromatic heterocycles. The van der Waals surface area contributed by atoms with E-state index >= 15 is 0 Å². The number of nitrogens with zero attached hydrogens (tertiary/aromatic N) is 2. The number of anilines is 1. The zero-order chi connectivity index (χ0) is 18.9. The molecule has 0 saturated carbocycles. The van der Waals surface area contributed by atoms with Crippen LogP contribution in [0, 0.1) is 0 Å². The van der Waals surface area contributed by atoms with Crippen LogP contribution in [-0.2, 0) is 10.0 Å². The number of benzene rings is 2. The van der Waals surface area contributed by atoms with Crippen molar-refractivity contribution in [3.05, 3.63) is 60.7 Å². The maximum Gasteiger partial charge on any atom is 0.274 e. The van der Waals surface area contributed by atoms with Crippen LogP contribution in [0.15, 0.2) is 65.6 Å². The molecule has 140 valence electrons.